The van der Waals surface area contributed by atoms with Crippen LogP contribution < -0.4 is 0 Å². The van der Waals surface area contributed by atoms with Crippen LogP contribution in [0.1, 0.15) is 31.9 Å². The van der Waals surface area contributed by atoms with Crippen LogP contribution in [0.5, 0.6) is 0 Å². The Morgan fingerprint density at radius 1 is 1.58 bits per heavy atom. The van der Waals surface area contributed by atoms with Crippen molar-refractivity contribution in [1.29, 1.82) is 0 Å². The summed E-state index contributed by atoms with van der Waals surface area (Å²) in [5, 5.41) is 1.07. The Labute approximate surface area is 123 Å². The summed E-state index contributed by atoms with van der Waals surface area (Å²) < 4.78 is 8.89. The first-order valence-corrected chi connectivity index (χ1v) is 8.22. The highest BCUT2D eigenvalue weighted by Gasteiger charge is 2.20. The third-order valence-corrected chi connectivity index (χ3v) is 5.04. The first-order chi connectivity index (χ1) is 9.22. The molecule has 0 amide bonds. The van der Waals surface area contributed by atoms with Crippen LogP contribution in [-0.2, 0) is 0 Å². The maximum absolute atomic E-state index is 5.26. The van der Waals surface area contributed by atoms with Gasteiger partial charge in [-0.15, -0.1) is 24.1 Å². The van der Waals surface area contributed by atoms with Gasteiger partial charge in [0.25, 0.3) is 0 Å². The first kappa shape index (κ1) is 14.6. The molecule has 2 heterocycles. The van der Waals surface area contributed by atoms with E-state index in [9.17, 15) is 0 Å². The van der Waals surface area contributed by atoms with Crippen LogP contribution >= 0.6 is 23.5 Å². The number of aromatic nitrogens is 2. The van der Waals surface area contributed by atoms with Crippen LogP contribution in [0.15, 0.2) is 11.1 Å². The van der Waals surface area contributed by atoms with Crippen molar-refractivity contribution in [3.05, 3.63) is 11.8 Å². The van der Waals surface area contributed by atoms with Crippen LogP contribution in [0.4, 0.5) is 0 Å². The summed E-state index contributed by atoms with van der Waals surface area (Å²) in [6.07, 6.45) is 10.5. The minimum absolute atomic E-state index is 0.613. The molecule has 0 N–H and O–H groups in total. The lowest BCUT2D eigenvalue weighted by Gasteiger charge is -2.29. The SMILES string of the molecule is C#CCCCSc1nsnc1C1=CCC(C)N(C)C1. The van der Waals surface area contributed by atoms with E-state index in [-0.39, 0.29) is 0 Å². The van der Waals surface area contributed by atoms with Gasteiger partial charge in [0.1, 0.15) is 10.7 Å². The molecule has 0 fully saturated rings. The molecule has 0 bridgehead atoms. The van der Waals surface area contributed by atoms with Crippen LogP contribution in [0.25, 0.3) is 5.57 Å². The van der Waals surface area contributed by atoms with E-state index in [1.807, 2.05) is 0 Å². The van der Waals surface area contributed by atoms with E-state index in [2.05, 4.69) is 39.6 Å². The molecular formula is C14H19N3S2. The van der Waals surface area contributed by atoms with Crippen molar-refractivity contribution >= 4 is 29.1 Å². The molecule has 1 aliphatic heterocycles. The van der Waals surface area contributed by atoms with Gasteiger partial charge in [-0.3, -0.25) is 4.90 Å². The van der Waals surface area contributed by atoms with Crippen LogP contribution in [0.2, 0.25) is 0 Å². The molecule has 1 atom stereocenters. The molecule has 1 aromatic rings. The fraction of sp³-hybridized carbons (Fsp3) is 0.571. The van der Waals surface area contributed by atoms with Gasteiger partial charge in [-0.25, -0.2) is 0 Å². The maximum atomic E-state index is 5.26. The number of thioether (sulfide) groups is 1. The summed E-state index contributed by atoms with van der Waals surface area (Å²) in [4.78, 5) is 2.36. The average Bonchev–Trinajstić information content (AvgIpc) is 2.86. The molecule has 2 rings (SSSR count). The number of nitrogens with zero attached hydrogens (tertiary/aromatic N) is 3. The van der Waals surface area contributed by atoms with Crippen molar-refractivity contribution in [1.82, 2.24) is 13.6 Å². The van der Waals surface area contributed by atoms with Gasteiger partial charge in [0.15, 0.2) is 0 Å². The molecule has 0 saturated carbocycles. The lowest BCUT2D eigenvalue weighted by Crippen LogP contribution is -2.33. The molecule has 5 heteroatoms. The molecule has 1 aromatic heterocycles. The largest absolute Gasteiger partial charge is 0.299 e. The summed E-state index contributed by atoms with van der Waals surface area (Å²) in [5.74, 6) is 3.69. The van der Waals surface area contributed by atoms with Gasteiger partial charge in [-0.1, -0.05) is 6.08 Å². The van der Waals surface area contributed by atoms with E-state index in [4.69, 9.17) is 6.42 Å². The average molecular weight is 293 g/mol. The smallest absolute Gasteiger partial charge is 0.138 e. The van der Waals surface area contributed by atoms with Crippen molar-refractivity contribution in [3.63, 3.8) is 0 Å². The fourth-order valence-corrected chi connectivity index (χ4v) is 3.62. The van der Waals surface area contributed by atoms with E-state index >= 15 is 0 Å². The maximum Gasteiger partial charge on any atom is 0.138 e. The Bertz CT molecular complexity index is 487. The number of terminal acetylenes is 1. The third-order valence-electron chi connectivity index (χ3n) is 3.34. The van der Waals surface area contributed by atoms with Gasteiger partial charge in [0.05, 0.1) is 11.7 Å². The van der Waals surface area contributed by atoms with E-state index in [0.717, 1.165) is 42.3 Å². The normalized spacial score (nSPS) is 20.1. The number of rotatable bonds is 5. The lowest BCUT2D eigenvalue weighted by atomic mass is 10.0. The molecule has 19 heavy (non-hydrogen) atoms. The predicted molar refractivity (Wildman–Crippen MR) is 83.4 cm³/mol. The fourth-order valence-electron chi connectivity index (χ4n) is 1.97. The van der Waals surface area contributed by atoms with Gasteiger partial charge < -0.3 is 0 Å². The summed E-state index contributed by atoms with van der Waals surface area (Å²) in [5.41, 5.74) is 2.39. The van der Waals surface area contributed by atoms with E-state index < -0.39 is 0 Å². The molecule has 3 nitrogen and oxygen atoms in total. The number of likely N-dealkylation sites (N-methyl/N-ethyl adjacent to an activating group) is 1. The van der Waals surface area contributed by atoms with Crippen molar-refractivity contribution in [3.8, 4) is 12.3 Å². The highest BCUT2D eigenvalue weighted by molar-refractivity contribution is 7.99. The third kappa shape index (κ3) is 3.82. The number of hydrogen-bond donors (Lipinski definition) is 0. The second kappa shape index (κ2) is 7.09. The van der Waals surface area contributed by atoms with Crippen molar-refractivity contribution < 1.29 is 0 Å². The van der Waals surface area contributed by atoms with Gasteiger partial charge in [-0.2, -0.15) is 8.75 Å². The Hall–Kier alpha value is -0.830. The molecule has 0 radical (unpaired) electrons. The zero-order valence-corrected chi connectivity index (χ0v) is 13.1. The molecule has 0 saturated heterocycles. The number of hydrogen-bond acceptors (Lipinski definition) is 5. The highest BCUT2D eigenvalue weighted by Crippen LogP contribution is 2.30. The van der Waals surface area contributed by atoms with Crippen molar-refractivity contribution in [2.45, 2.75) is 37.3 Å². The van der Waals surface area contributed by atoms with E-state index in [0.29, 0.717) is 6.04 Å². The Morgan fingerprint density at radius 3 is 3.16 bits per heavy atom. The van der Waals surface area contributed by atoms with Gasteiger partial charge >= 0.3 is 0 Å². The molecule has 0 spiro atoms. The standard InChI is InChI=1S/C14H19N3S2/c1-4-5-6-9-18-14-13(15-19-16-14)12-8-7-11(2)17(3)10-12/h1,8,11H,5-7,9-10H2,2-3H3. The second-order valence-electron chi connectivity index (χ2n) is 4.80. The van der Waals surface area contributed by atoms with E-state index in [1.165, 1.54) is 17.3 Å². The minimum atomic E-state index is 0.613. The Kier molecular flexibility index (Phi) is 5.44. The summed E-state index contributed by atoms with van der Waals surface area (Å²) in [6.45, 7) is 3.21. The first-order valence-electron chi connectivity index (χ1n) is 6.51. The van der Waals surface area contributed by atoms with Crippen molar-refractivity contribution in [2.24, 2.45) is 0 Å². The van der Waals surface area contributed by atoms with E-state index in [1.54, 1.807) is 11.8 Å². The zero-order valence-electron chi connectivity index (χ0n) is 11.4. The number of unbranched alkanes of at least 4 members (excludes halogenated alkanes) is 1. The summed E-state index contributed by atoms with van der Waals surface area (Å²) in [6, 6.07) is 0.613. The molecule has 1 unspecified atom stereocenters. The topological polar surface area (TPSA) is 29.0 Å². The second-order valence-corrected chi connectivity index (χ2v) is 6.42. The molecule has 1 aliphatic rings. The quantitative estimate of drug-likeness (QED) is 0.474. The molecule has 102 valence electrons. The van der Waals surface area contributed by atoms with Crippen LogP contribution in [0.3, 0.4) is 0 Å². The van der Waals surface area contributed by atoms with Gasteiger partial charge in [-0.05, 0) is 32.4 Å². The lowest BCUT2D eigenvalue weighted by molar-refractivity contribution is 0.280. The Morgan fingerprint density at radius 2 is 2.42 bits per heavy atom. The Balaban J connectivity index is 2.01. The summed E-state index contributed by atoms with van der Waals surface area (Å²) in [7, 11) is 2.16. The van der Waals surface area contributed by atoms with Gasteiger partial charge in [0.2, 0.25) is 0 Å². The van der Waals surface area contributed by atoms with Crippen molar-refractivity contribution in [2.75, 3.05) is 19.3 Å². The predicted octanol–water partition coefficient (Wildman–Crippen LogP) is 3.15. The molecular weight excluding hydrogens is 274 g/mol. The minimum Gasteiger partial charge on any atom is -0.299 e. The monoisotopic (exact) mass is 293 g/mol. The van der Waals surface area contributed by atoms with Crippen LogP contribution in [-0.4, -0.2) is 39.0 Å². The highest BCUT2D eigenvalue weighted by atomic mass is 32.2. The molecule has 0 aromatic carbocycles. The summed E-state index contributed by atoms with van der Waals surface area (Å²) >= 11 is 3.08. The molecule has 0 aliphatic carbocycles. The van der Waals surface area contributed by atoms with Gasteiger partial charge in [0, 0.05) is 24.8 Å². The van der Waals surface area contributed by atoms with Crippen LogP contribution in [0, 0.1) is 12.3 Å². The zero-order chi connectivity index (χ0) is 13.7.